The summed E-state index contributed by atoms with van der Waals surface area (Å²) >= 11 is 0. The van der Waals surface area contributed by atoms with Gasteiger partial charge >= 0.3 is 6.61 Å². The van der Waals surface area contributed by atoms with E-state index in [1.807, 2.05) is 0 Å². The van der Waals surface area contributed by atoms with Gasteiger partial charge in [0.05, 0.1) is 10.6 Å². The van der Waals surface area contributed by atoms with E-state index in [9.17, 15) is 23.7 Å². The minimum Gasteiger partial charge on any atom is -0.486 e. The first kappa shape index (κ1) is 20.8. The minimum atomic E-state index is -3.03. The van der Waals surface area contributed by atoms with Gasteiger partial charge in [-0.2, -0.15) is 8.78 Å². The van der Waals surface area contributed by atoms with Crippen LogP contribution in [0.5, 0.6) is 11.5 Å². The first-order chi connectivity index (χ1) is 14.3. The predicted octanol–water partition coefficient (Wildman–Crippen LogP) is 4.93. The molecule has 30 heavy (non-hydrogen) atoms. The van der Waals surface area contributed by atoms with Crippen molar-refractivity contribution >= 4 is 17.3 Å². The van der Waals surface area contributed by atoms with Crippen LogP contribution in [0.15, 0.2) is 59.0 Å². The fourth-order valence-electron chi connectivity index (χ4n) is 2.52. The smallest absolute Gasteiger partial charge is 0.387 e. The third-order valence-electron chi connectivity index (χ3n) is 3.91. The van der Waals surface area contributed by atoms with E-state index in [1.165, 1.54) is 48.5 Å². The summed E-state index contributed by atoms with van der Waals surface area (Å²) < 4.78 is 40.4. The number of amides is 1. The third-order valence-corrected chi connectivity index (χ3v) is 3.91. The van der Waals surface area contributed by atoms with Crippen LogP contribution in [-0.2, 0) is 6.61 Å². The first-order valence-corrected chi connectivity index (χ1v) is 8.64. The number of hydrogen-bond donors (Lipinski definition) is 1. The van der Waals surface area contributed by atoms with Crippen LogP contribution in [0.2, 0.25) is 0 Å². The van der Waals surface area contributed by atoms with E-state index in [1.54, 1.807) is 13.0 Å². The maximum atomic E-state index is 12.6. The monoisotopic (exact) mass is 418 g/mol. The number of hydrogen-bond acceptors (Lipinski definition) is 6. The van der Waals surface area contributed by atoms with Crippen LogP contribution in [0.3, 0.4) is 0 Å². The van der Waals surface area contributed by atoms with Crippen LogP contribution >= 0.6 is 0 Å². The summed E-state index contributed by atoms with van der Waals surface area (Å²) in [5, 5.41) is 13.1. The van der Waals surface area contributed by atoms with Crippen LogP contribution in [-0.4, -0.2) is 17.4 Å². The molecule has 156 valence electrons. The molecular weight excluding hydrogens is 402 g/mol. The molecule has 0 fully saturated rings. The molecule has 3 rings (SSSR count). The van der Waals surface area contributed by atoms with Gasteiger partial charge in [-0.15, -0.1) is 0 Å². The van der Waals surface area contributed by atoms with Crippen molar-refractivity contribution in [3.8, 4) is 11.5 Å². The lowest BCUT2D eigenvalue weighted by atomic mass is 10.2. The average molecular weight is 418 g/mol. The minimum absolute atomic E-state index is 0.0186. The quantitative estimate of drug-likeness (QED) is 0.411. The average Bonchev–Trinajstić information content (AvgIpc) is 3.18. The molecule has 0 saturated heterocycles. The molecule has 0 bridgehead atoms. The molecule has 0 saturated carbocycles. The summed E-state index contributed by atoms with van der Waals surface area (Å²) in [5.74, 6) is -0.163. The summed E-state index contributed by atoms with van der Waals surface area (Å²) in [4.78, 5) is 22.5. The molecule has 10 heteroatoms. The van der Waals surface area contributed by atoms with Crippen molar-refractivity contribution in [1.29, 1.82) is 0 Å². The van der Waals surface area contributed by atoms with E-state index < -0.39 is 17.4 Å². The SMILES string of the molecule is Cc1ccc(OC(F)F)c(NC(=O)c2ccc(COc3ccc([N+](=O)[O-])cc3)o2)c1. The van der Waals surface area contributed by atoms with E-state index in [0.29, 0.717) is 11.5 Å². The Morgan fingerprint density at radius 3 is 2.57 bits per heavy atom. The van der Waals surface area contributed by atoms with Crippen molar-refractivity contribution in [2.24, 2.45) is 0 Å². The molecule has 1 amide bonds. The number of alkyl halides is 2. The molecule has 0 radical (unpaired) electrons. The van der Waals surface area contributed by atoms with Gasteiger partial charge in [0.1, 0.15) is 23.9 Å². The lowest BCUT2D eigenvalue weighted by Gasteiger charge is -2.12. The second-order valence-electron chi connectivity index (χ2n) is 6.14. The number of furan rings is 1. The number of aryl methyl sites for hydroxylation is 1. The molecule has 0 aliphatic rings. The Balaban J connectivity index is 1.64. The number of carbonyl (C=O) groups excluding carboxylic acids is 1. The highest BCUT2D eigenvalue weighted by atomic mass is 19.3. The Morgan fingerprint density at radius 2 is 1.90 bits per heavy atom. The fourth-order valence-corrected chi connectivity index (χ4v) is 2.52. The highest BCUT2D eigenvalue weighted by molar-refractivity contribution is 6.03. The first-order valence-electron chi connectivity index (χ1n) is 8.64. The molecule has 0 spiro atoms. The number of nitro groups is 1. The number of anilines is 1. The van der Waals surface area contributed by atoms with Crippen molar-refractivity contribution in [1.82, 2.24) is 0 Å². The fraction of sp³-hybridized carbons (Fsp3) is 0.150. The van der Waals surface area contributed by atoms with Crippen LogP contribution in [0, 0.1) is 17.0 Å². The Hall–Kier alpha value is -3.95. The van der Waals surface area contributed by atoms with Crippen molar-refractivity contribution in [3.63, 3.8) is 0 Å². The standard InChI is InChI=1S/C20H16F2N2O6/c1-12-2-8-17(30-20(21)22)16(10-12)23-19(25)18-9-7-15(29-18)11-28-14-5-3-13(4-6-14)24(26)27/h2-10,20H,11H2,1H3,(H,23,25). The molecule has 0 aliphatic carbocycles. The zero-order chi connectivity index (χ0) is 21.7. The predicted molar refractivity (Wildman–Crippen MR) is 102 cm³/mol. The Morgan fingerprint density at radius 1 is 1.17 bits per heavy atom. The molecule has 1 aromatic heterocycles. The molecule has 1 heterocycles. The lowest BCUT2D eigenvalue weighted by Crippen LogP contribution is -2.13. The van der Waals surface area contributed by atoms with Crippen molar-refractivity contribution in [2.45, 2.75) is 20.1 Å². The number of rotatable bonds is 8. The largest absolute Gasteiger partial charge is 0.486 e. The van der Waals surface area contributed by atoms with E-state index in [4.69, 9.17) is 9.15 Å². The van der Waals surface area contributed by atoms with Gasteiger partial charge in [-0.25, -0.2) is 0 Å². The summed E-state index contributed by atoms with van der Waals surface area (Å²) in [6.07, 6.45) is 0. The highest BCUT2D eigenvalue weighted by Crippen LogP contribution is 2.28. The van der Waals surface area contributed by atoms with Crippen LogP contribution in [0.4, 0.5) is 20.2 Å². The number of nitrogens with zero attached hydrogens (tertiary/aromatic N) is 1. The molecule has 1 N–H and O–H groups in total. The van der Waals surface area contributed by atoms with Crippen LogP contribution in [0.25, 0.3) is 0 Å². The van der Waals surface area contributed by atoms with Crippen molar-refractivity contribution < 1.29 is 32.4 Å². The zero-order valence-electron chi connectivity index (χ0n) is 15.6. The topological polar surface area (TPSA) is 104 Å². The van der Waals surface area contributed by atoms with Crippen molar-refractivity contribution in [2.75, 3.05) is 5.32 Å². The molecular formula is C20H16F2N2O6. The van der Waals surface area contributed by atoms with Gasteiger partial charge in [0.25, 0.3) is 11.6 Å². The number of non-ortho nitro benzene ring substituents is 1. The molecule has 8 nitrogen and oxygen atoms in total. The molecule has 0 atom stereocenters. The van der Waals surface area contributed by atoms with Gasteiger partial charge in [0.2, 0.25) is 0 Å². The van der Waals surface area contributed by atoms with Gasteiger partial charge in [0.15, 0.2) is 5.76 Å². The summed E-state index contributed by atoms with van der Waals surface area (Å²) in [6.45, 7) is -1.31. The maximum Gasteiger partial charge on any atom is 0.387 e. The number of carbonyl (C=O) groups is 1. The number of benzene rings is 2. The number of nitro benzene ring substituents is 1. The van der Waals surface area contributed by atoms with Gasteiger partial charge in [-0.1, -0.05) is 6.07 Å². The normalized spacial score (nSPS) is 10.7. The number of ether oxygens (including phenoxy) is 2. The number of nitrogens with one attached hydrogen (secondary N) is 1. The van der Waals surface area contributed by atoms with Gasteiger partial charge in [0, 0.05) is 12.1 Å². The van der Waals surface area contributed by atoms with Gasteiger partial charge < -0.3 is 19.2 Å². The summed E-state index contributed by atoms with van der Waals surface area (Å²) in [5.41, 5.74) is 0.759. The Labute approximate surface area is 169 Å². The second-order valence-corrected chi connectivity index (χ2v) is 6.14. The maximum absolute atomic E-state index is 12.6. The third kappa shape index (κ3) is 5.31. The Kier molecular flexibility index (Phi) is 6.26. The molecule has 2 aromatic carbocycles. The van der Waals surface area contributed by atoms with E-state index >= 15 is 0 Å². The van der Waals surface area contributed by atoms with Gasteiger partial charge in [-0.3, -0.25) is 14.9 Å². The summed E-state index contributed by atoms with van der Waals surface area (Å²) in [6, 6.07) is 12.8. The van der Waals surface area contributed by atoms with Crippen LogP contribution < -0.4 is 14.8 Å². The highest BCUT2D eigenvalue weighted by Gasteiger charge is 2.16. The van der Waals surface area contributed by atoms with E-state index in [2.05, 4.69) is 10.1 Å². The molecule has 0 aliphatic heterocycles. The second kappa shape index (κ2) is 9.03. The lowest BCUT2D eigenvalue weighted by molar-refractivity contribution is -0.384. The van der Waals surface area contributed by atoms with E-state index in [0.717, 1.165) is 5.56 Å². The van der Waals surface area contributed by atoms with E-state index in [-0.39, 0.29) is 29.5 Å². The number of halogens is 2. The summed E-state index contributed by atoms with van der Waals surface area (Å²) in [7, 11) is 0. The zero-order valence-corrected chi connectivity index (χ0v) is 15.6. The molecule has 0 unspecified atom stereocenters. The Bertz CT molecular complexity index is 1050. The molecule has 3 aromatic rings. The van der Waals surface area contributed by atoms with Gasteiger partial charge in [-0.05, 0) is 48.9 Å². The van der Waals surface area contributed by atoms with Crippen molar-refractivity contribution in [3.05, 3.63) is 81.8 Å². The van der Waals surface area contributed by atoms with Crippen LogP contribution in [0.1, 0.15) is 21.9 Å².